The molecule has 1 saturated heterocycles. The SMILES string of the molecule is CN1C(=O)N/C(=C\c2ccc(S(=O)(=O)N/N=C/c3ccc(Cl)cc3)cc2)C1=O. The number of hydrazone groups is 1. The third-order valence-corrected chi connectivity index (χ3v) is 5.33. The fourth-order valence-electron chi connectivity index (χ4n) is 2.30. The van der Waals surface area contributed by atoms with Crippen molar-refractivity contribution in [3.05, 3.63) is 70.4 Å². The second kappa shape index (κ2) is 7.83. The summed E-state index contributed by atoms with van der Waals surface area (Å²) in [5, 5.41) is 6.74. The molecule has 0 unspecified atom stereocenters. The molecule has 10 heteroatoms. The van der Waals surface area contributed by atoms with Crippen LogP contribution in [0.3, 0.4) is 0 Å². The highest BCUT2D eigenvalue weighted by Crippen LogP contribution is 2.15. The maximum Gasteiger partial charge on any atom is 0.328 e. The van der Waals surface area contributed by atoms with E-state index in [0.717, 1.165) is 4.90 Å². The Kier molecular flexibility index (Phi) is 5.48. The van der Waals surface area contributed by atoms with Gasteiger partial charge in [-0.2, -0.15) is 13.5 Å². The van der Waals surface area contributed by atoms with Gasteiger partial charge >= 0.3 is 6.03 Å². The first kappa shape index (κ1) is 19.6. The van der Waals surface area contributed by atoms with Crippen molar-refractivity contribution in [2.75, 3.05) is 7.05 Å². The summed E-state index contributed by atoms with van der Waals surface area (Å²) in [5.74, 6) is -0.458. The number of likely N-dealkylation sites (N-methyl/N-ethyl adjacent to an activating group) is 1. The molecule has 2 aromatic carbocycles. The van der Waals surface area contributed by atoms with Crippen molar-refractivity contribution in [2.24, 2.45) is 5.10 Å². The van der Waals surface area contributed by atoms with E-state index in [4.69, 9.17) is 11.6 Å². The number of sulfonamides is 1. The topological polar surface area (TPSA) is 108 Å². The van der Waals surface area contributed by atoms with Gasteiger partial charge in [-0.05, 0) is 41.5 Å². The van der Waals surface area contributed by atoms with Gasteiger partial charge < -0.3 is 5.32 Å². The van der Waals surface area contributed by atoms with Crippen LogP contribution in [0.15, 0.2) is 64.2 Å². The van der Waals surface area contributed by atoms with Crippen LogP contribution in [0.1, 0.15) is 11.1 Å². The first-order valence-electron chi connectivity index (χ1n) is 7.97. The zero-order chi connectivity index (χ0) is 20.3. The van der Waals surface area contributed by atoms with E-state index in [2.05, 4.69) is 15.2 Å². The van der Waals surface area contributed by atoms with E-state index < -0.39 is 22.0 Å². The molecule has 0 atom stereocenters. The Balaban J connectivity index is 1.70. The Morgan fingerprint density at radius 1 is 1.04 bits per heavy atom. The molecule has 1 heterocycles. The Labute approximate surface area is 166 Å². The number of nitrogens with one attached hydrogen (secondary N) is 2. The molecule has 0 spiro atoms. The third kappa shape index (κ3) is 4.38. The predicted octanol–water partition coefficient (Wildman–Crippen LogP) is 2.17. The summed E-state index contributed by atoms with van der Waals surface area (Å²) in [6.45, 7) is 0. The summed E-state index contributed by atoms with van der Waals surface area (Å²) in [5.41, 5.74) is 1.36. The molecule has 0 bridgehead atoms. The van der Waals surface area contributed by atoms with Gasteiger partial charge in [0.15, 0.2) is 0 Å². The molecule has 0 radical (unpaired) electrons. The van der Waals surface area contributed by atoms with E-state index in [-0.39, 0.29) is 10.6 Å². The van der Waals surface area contributed by atoms with Gasteiger partial charge in [0.2, 0.25) is 0 Å². The van der Waals surface area contributed by atoms with Gasteiger partial charge in [-0.15, -0.1) is 0 Å². The highest BCUT2D eigenvalue weighted by Gasteiger charge is 2.29. The summed E-state index contributed by atoms with van der Waals surface area (Å²) in [6.07, 6.45) is 2.82. The van der Waals surface area contributed by atoms with Gasteiger partial charge in [0, 0.05) is 12.1 Å². The Bertz CT molecular complexity index is 1080. The monoisotopic (exact) mass is 418 g/mol. The average Bonchev–Trinajstić information content (AvgIpc) is 2.90. The summed E-state index contributed by atoms with van der Waals surface area (Å²) in [4.78, 5) is 26.4. The van der Waals surface area contributed by atoms with E-state index in [1.807, 2.05) is 0 Å². The van der Waals surface area contributed by atoms with Crippen LogP contribution >= 0.6 is 11.6 Å². The Morgan fingerprint density at radius 3 is 2.21 bits per heavy atom. The maximum absolute atomic E-state index is 12.3. The quantitative estimate of drug-likeness (QED) is 0.335. The first-order valence-corrected chi connectivity index (χ1v) is 9.83. The lowest BCUT2D eigenvalue weighted by atomic mass is 10.2. The van der Waals surface area contributed by atoms with Gasteiger partial charge in [-0.1, -0.05) is 35.9 Å². The number of amides is 3. The number of carbonyl (C=O) groups is 2. The lowest BCUT2D eigenvalue weighted by Crippen LogP contribution is -2.25. The van der Waals surface area contributed by atoms with Crippen LogP contribution < -0.4 is 10.1 Å². The smallest absolute Gasteiger partial charge is 0.303 e. The van der Waals surface area contributed by atoms with Crippen molar-refractivity contribution < 1.29 is 18.0 Å². The summed E-state index contributed by atoms with van der Waals surface area (Å²) >= 11 is 5.79. The van der Waals surface area contributed by atoms with Gasteiger partial charge in [0.1, 0.15) is 5.70 Å². The van der Waals surface area contributed by atoms with Crippen LogP contribution in [-0.4, -0.2) is 38.5 Å². The molecule has 0 saturated carbocycles. The largest absolute Gasteiger partial charge is 0.328 e. The van der Waals surface area contributed by atoms with Crippen LogP contribution in [0.4, 0.5) is 4.79 Å². The van der Waals surface area contributed by atoms with Gasteiger partial charge in [0.25, 0.3) is 15.9 Å². The molecular formula is C18H15ClN4O4S. The molecule has 144 valence electrons. The van der Waals surface area contributed by atoms with E-state index >= 15 is 0 Å². The molecule has 3 amide bonds. The average molecular weight is 419 g/mol. The second-order valence-electron chi connectivity index (χ2n) is 5.83. The van der Waals surface area contributed by atoms with Crippen molar-refractivity contribution in [1.29, 1.82) is 0 Å². The number of rotatable bonds is 5. The normalized spacial score (nSPS) is 16.1. The molecule has 28 heavy (non-hydrogen) atoms. The maximum atomic E-state index is 12.3. The fraction of sp³-hybridized carbons (Fsp3) is 0.0556. The highest BCUT2D eigenvalue weighted by molar-refractivity contribution is 7.89. The number of benzene rings is 2. The summed E-state index contributed by atoms with van der Waals surface area (Å²) < 4.78 is 24.6. The highest BCUT2D eigenvalue weighted by atomic mass is 35.5. The van der Waals surface area contributed by atoms with Gasteiger partial charge in [-0.25, -0.2) is 9.63 Å². The standard InChI is InChI=1S/C18H15ClN4O4S/c1-23-17(24)16(21-18(23)25)10-12-4-8-15(9-5-12)28(26,27)22-20-11-13-2-6-14(19)7-3-13/h2-11,22H,1H3,(H,21,25)/b16-10-,20-11+. The van der Waals surface area contributed by atoms with Crippen molar-refractivity contribution >= 4 is 45.9 Å². The van der Waals surface area contributed by atoms with Gasteiger partial charge in [-0.3, -0.25) is 9.69 Å². The minimum absolute atomic E-state index is 0.00167. The molecule has 1 aliphatic rings. The number of halogens is 1. The minimum atomic E-state index is -3.85. The molecule has 1 fully saturated rings. The predicted molar refractivity (Wildman–Crippen MR) is 105 cm³/mol. The van der Waals surface area contributed by atoms with Crippen LogP contribution in [0.2, 0.25) is 5.02 Å². The summed E-state index contributed by atoms with van der Waals surface area (Å²) in [7, 11) is -2.49. The fourth-order valence-corrected chi connectivity index (χ4v) is 3.22. The van der Waals surface area contributed by atoms with E-state index in [0.29, 0.717) is 16.1 Å². The zero-order valence-corrected chi connectivity index (χ0v) is 16.2. The van der Waals surface area contributed by atoms with Crippen LogP contribution in [0, 0.1) is 0 Å². The first-order chi connectivity index (χ1) is 13.3. The molecular weight excluding hydrogens is 404 g/mol. The molecule has 1 aliphatic heterocycles. The zero-order valence-electron chi connectivity index (χ0n) is 14.6. The van der Waals surface area contributed by atoms with Crippen LogP contribution in [0.5, 0.6) is 0 Å². The number of imide groups is 1. The lowest BCUT2D eigenvalue weighted by Gasteiger charge is -2.04. The number of carbonyl (C=O) groups excluding carboxylic acids is 2. The molecule has 8 nitrogen and oxygen atoms in total. The molecule has 2 aromatic rings. The third-order valence-electron chi connectivity index (χ3n) is 3.84. The second-order valence-corrected chi connectivity index (χ2v) is 7.92. The van der Waals surface area contributed by atoms with E-state index in [1.165, 1.54) is 43.6 Å². The van der Waals surface area contributed by atoms with E-state index in [9.17, 15) is 18.0 Å². The Hall–Kier alpha value is -3.17. The van der Waals surface area contributed by atoms with Crippen molar-refractivity contribution in [3.8, 4) is 0 Å². The van der Waals surface area contributed by atoms with Gasteiger partial charge in [0.05, 0.1) is 11.1 Å². The molecule has 0 aromatic heterocycles. The van der Waals surface area contributed by atoms with Crippen molar-refractivity contribution in [2.45, 2.75) is 4.90 Å². The minimum Gasteiger partial charge on any atom is -0.303 e. The molecule has 3 rings (SSSR count). The van der Waals surface area contributed by atoms with Crippen molar-refractivity contribution in [3.63, 3.8) is 0 Å². The molecule has 0 aliphatic carbocycles. The lowest BCUT2D eigenvalue weighted by molar-refractivity contribution is -0.121. The number of nitrogens with zero attached hydrogens (tertiary/aromatic N) is 2. The number of hydrogen-bond acceptors (Lipinski definition) is 5. The summed E-state index contributed by atoms with van der Waals surface area (Å²) in [6, 6.07) is 12.0. The van der Waals surface area contributed by atoms with Crippen molar-refractivity contribution in [1.82, 2.24) is 15.0 Å². The van der Waals surface area contributed by atoms with E-state index in [1.54, 1.807) is 24.3 Å². The number of urea groups is 1. The molecule has 2 N–H and O–H groups in total. The Morgan fingerprint density at radius 2 is 1.64 bits per heavy atom. The number of hydrogen-bond donors (Lipinski definition) is 2. The van der Waals surface area contributed by atoms with Crippen LogP contribution in [-0.2, 0) is 14.8 Å². The van der Waals surface area contributed by atoms with Crippen LogP contribution in [0.25, 0.3) is 6.08 Å².